The topological polar surface area (TPSA) is 29.5 Å². The lowest BCUT2D eigenvalue weighted by atomic mass is 10.1. The molecule has 106 valence electrons. The van der Waals surface area contributed by atoms with Gasteiger partial charge in [-0.1, -0.05) is 30.3 Å². The van der Waals surface area contributed by atoms with Crippen molar-refractivity contribution in [3.05, 3.63) is 72.1 Å². The van der Waals surface area contributed by atoms with E-state index >= 15 is 0 Å². The summed E-state index contributed by atoms with van der Waals surface area (Å²) in [6.07, 6.45) is 1.05. The zero-order chi connectivity index (χ0) is 14.8. The van der Waals surface area contributed by atoms with Crippen LogP contribution in [0.5, 0.6) is 0 Å². The van der Waals surface area contributed by atoms with E-state index in [1.807, 2.05) is 30.3 Å². The smallest absolute Gasteiger partial charge is 0.253 e. The summed E-state index contributed by atoms with van der Waals surface area (Å²) in [6, 6.07) is 15.4. The van der Waals surface area contributed by atoms with Crippen LogP contribution in [0.25, 0.3) is 5.57 Å². The molecule has 0 radical (unpaired) electrons. The van der Waals surface area contributed by atoms with Crippen molar-refractivity contribution in [2.45, 2.75) is 6.23 Å². The van der Waals surface area contributed by atoms with E-state index in [-0.39, 0.29) is 11.7 Å². The maximum absolute atomic E-state index is 13.0. The van der Waals surface area contributed by atoms with E-state index in [1.165, 1.54) is 17.0 Å². The molecule has 0 saturated heterocycles. The highest BCUT2D eigenvalue weighted by Crippen LogP contribution is 2.33. The van der Waals surface area contributed by atoms with E-state index < -0.39 is 6.23 Å². The van der Waals surface area contributed by atoms with Gasteiger partial charge in [0.1, 0.15) is 5.82 Å². The number of carbonyl (C=O) groups is 1. The quantitative estimate of drug-likeness (QED) is 0.865. The molecule has 2 aromatic rings. The number of rotatable bonds is 3. The molecule has 1 atom stereocenters. The number of benzene rings is 2. The number of amides is 1. The van der Waals surface area contributed by atoms with Crippen LogP contribution in [0.1, 0.15) is 5.56 Å². The molecule has 4 heteroatoms. The van der Waals surface area contributed by atoms with Gasteiger partial charge in [-0.25, -0.2) is 4.39 Å². The molecule has 3 nitrogen and oxygen atoms in total. The Balaban J connectivity index is 1.98. The Morgan fingerprint density at radius 2 is 1.71 bits per heavy atom. The predicted molar refractivity (Wildman–Crippen MR) is 79.1 cm³/mol. The van der Waals surface area contributed by atoms with E-state index in [0.29, 0.717) is 5.69 Å². The standard InChI is InChI=1S/C17H14FNO2/c1-21-17-15(12-5-3-2-4-6-12)11-16(20)19(17)14-9-7-13(18)8-10-14/h2-11,17H,1H3. The van der Waals surface area contributed by atoms with Crippen LogP contribution in [0.2, 0.25) is 0 Å². The lowest BCUT2D eigenvalue weighted by Gasteiger charge is -2.26. The molecule has 0 bridgehead atoms. The van der Waals surface area contributed by atoms with Gasteiger partial charge in [0, 0.05) is 24.4 Å². The minimum Gasteiger partial charge on any atom is -0.357 e. The van der Waals surface area contributed by atoms with Crippen LogP contribution in [-0.4, -0.2) is 19.2 Å². The van der Waals surface area contributed by atoms with Gasteiger partial charge in [0.15, 0.2) is 6.23 Å². The Bertz CT molecular complexity index is 680. The SMILES string of the molecule is COC1C(c2ccccc2)=CC(=O)N1c1ccc(F)cc1. The van der Waals surface area contributed by atoms with Gasteiger partial charge in [-0.05, 0) is 29.8 Å². The molecule has 1 aliphatic rings. The van der Waals surface area contributed by atoms with Crippen LogP contribution < -0.4 is 4.90 Å². The molecule has 1 amide bonds. The fraction of sp³-hybridized carbons (Fsp3) is 0.118. The van der Waals surface area contributed by atoms with Crippen LogP contribution in [0.15, 0.2) is 60.7 Å². The van der Waals surface area contributed by atoms with Gasteiger partial charge >= 0.3 is 0 Å². The number of halogens is 1. The molecule has 0 aliphatic carbocycles. The fourth-order valence-electron chi connectivity index (χ4n) is 2.48. The Kier molecular flexibility index (Phi) is 3.54. The van der Waals surface area contributed by atoms with Gasteiger partial charge < -0.3 is 4.74 Å². The number of methoxy groups -OCH3 is 1. The molecule has 21 heavy (non-hydrogen) atoms. The second-order valence-electron chi connectivity index (χ2n) is 4.74. The summed E-state index contributed by atoms with van der Waals surface area (Å²) in [6.45, 7) is 0. The molecule has 0 N–H and O–H groups in total. The van der Waals surface area contributed by atoms with Crippen molar-refractivity contribution in [2.24, 2.45) is 0 Å². The van der Waals surface area contributed by atoms with Gasteiger partial charge in [0.2, 0.25) is 0 Å². The minimum atomic E-state index is -0.509. The number of anilines is 1. The van der Waals surface area contributed by atoms with Crippen molar-refractivity contribution >= 4 is 17.2 Å². The van der Waals surface area contributed by atoms with Crippen LogP contribution in [0.4, 0.5) is 10.1 Å². The van der Waals surface area contributed by atoms with Crippen LogP contribution in [0, 0.1) is 5.82 Å². The third-order valence-electron chi connectivity index (χ3n) is 3.45. The first-order valence-corrected chi connectivity index (χ1v) is 6.59. The number of ether oxygens (including phenoxy) is 1. The maximum atomic E-state index is 13.0. The molecule has 1 unspecified atom stereocenters. The van der Waals surface area contributed by atoms with Gasteiger partial charge in [0.05, 0.1) is 0 Å². The first kappa shape index (κ1) is 13.5. The largest absolute Gasteiger partial charge is 0.357 e. The monoisotopic (exact) mass is 283 g/mol. The number of nitrogens with zero attached hydrogens (tertiary/aromatic N) is 1. The fourth-order valence-corrected chi connectivity index (χ4v) is 2.48. The summed E-state index contributed by atoms with van der Waals surface area (Å²) in [7, 11) is 1.55. The molecule has 2 aromatic carbocycles. The van der Waals surface area contributed by atoms with E-state index in [0.717, 1.165) is 11.1 Å². The maximum Gasteiger partial charge on any atom is 0.253 e. The molecular formula is C17H14FNO2. The predicted octanol–water partition coefficient (Wildman–Crippen LogP) is 3.23. The van der Waals surface area contributed by atoms with Crippen LogP contribution in [-0.2, 0) is 9.53 Å². The normalized spacial score (nSPS) is 18.0. The van der Waals surface area contributed by atoms with Crippen molar-refractivity contribution < 1.29 is 13.9 Å². The van der Waals surface area contributed by atoms with Gasteiger partial charge in [-0.3, -0.25) is 9.69 Å². The van der Waals surface area contributed by atoms with Gasteiger partial charge in [-0.2, -0.15) is 0 Å². The molecule has 0 fully saturated rings. The molecule has 0 saturated carbocycles. The highest BCUT2D eigenvalue weighted by Gasteiger charge is 2.34. The first-order chi connectivity index (χ1) is 10.2. The first-order valence-electron chi connectivity index (χ1n) is 6.59. The number of hydrogen-bond donors (Lipinski definition) is 0. The molecule has 0 spiro atoms. The molecule has 3 rings (SSSR count). The molecular weight excluding hydrogens is 269 g/mol. The van der Waals surface area contributed by atoms with Gasteiger partial charge in [-0.15, -0.1) is 0 Å². The summed E-state index contributed by atoms with van der Waals surface area (Å²) < 4.78 is 18.5. The van der Waals surface area contributed by atoms with E-state index in [1.54, 1.807) is 25.3 Å². The van der Waals surface area contributed by atoms with Crippen molar-refractivity contribution in [3.8, 4) is 0 Å². The average molecular weight is 283 g/mol. The minimum absolute atomic E-state index is 0.174. The van der Waals surface area contributed by atoms with Crippen LogP contribution in [0.3, 0.4) is 0 Å². The van der Waals surface area contributed by atoms with Crippen molar-refractivity contribution in [3.63, 3.8) is 0 Å². The Hall–Kier alpha value is -2.46. The highest BCUT2D eigenvalue weighted by molar-refractivity contribution is 6.12. The van der Waals surface area contributed by atoms with E-state index in [9.17, 15) is 9.18 Å². The summed E-state index contributed by atoms with van der Waals surface area (Å²) >= 11 is 0. The summed E-state index contributed by atoms with van der Waals surface area (Å²) in [5.74, 6) is -0.511. The summed E-state index contributed by atoms with van der Waals surface area (Å²) in [5.41, 5.74) is 2.34. The Morgan fingerprint density at radius 3 is 2.33 bits per heavy atom. The third-order valence-corrected chi connectivity index (χ3v) is 3.45. The Labute approximate surface area is 122 Å². The second-order valence-corrected chi connectivity index (χ2v) is 4.74. The van der Waals surface area contributed by atoms with Crippen LogP contribution >= 0.6 is 0 Å². The summed E-state index contributed by atoms with van der Waals surface area (Å²) in [5, 5.41) is 0. The average Bonchev–Trinajstić information content (AvgIpc) is 2.85. The molecule has 1 heterocycles. The zero-order valence-corrected chi connectivity index (χ0v) is 11.5. The Morgan fingerprint density at radius 1 is 1.05 bits per heavy atom. The lowest BCUT2D eigenvalue weighted by molar-refractivity contribution is -0.114. The van der Waals surface area contributed by atoms with E-state index in [4.69, 9.17) is 4.74 Å². The van der Waals surface area contributed by atoms with Gasteiger partial charge in [0.25, 0.3) is 5.91 Å². The molecule has 0 aromatic heterocycles. The van der Waals surface area contributed by atoms with Crippen molar-refractivity contribution in [1.82, 2.24) is 0 Å². The second kappa shape index (κ2) is 5.50. The van der Waals surface area contributed by atoms with E-state index in [2.05, 4.69) is 0 Å². The number of carbonyl (C=O) groups excluding carboxylic acids is 1. The van der Waals surface area contributed by atoms with Crippen molar-refractivity contribution in [1.29, 1.82) is 0 Å². The third kappa shape index (κ3) is 2.45. The highest BCUT2D eigenvalue weighted by atomic mass is 19.1. The zero-order valence-electron chi connectivity index (χ0n) is 11.5. The lowest BCUT2D eigenvalue weighted by Crippen LogP contribution is -2.36. The number of hydrogen-bond acceptors (Lipinski definition) is 2. The summed E-state index contributed by atoms with van der Waals surface area (Å²) in [4.78, 5) is 13.8. The molecule has 1 aliphatic heterocycles. The van der Waals surface area contributed by atoms with Crippen molar-refractivity contribution in [2.75, 3.05) is 12.0 Å².